The largest absolute Gasteiger partial charge is 0.457 e. The Balaban J connectivity index is 0.000000935. The van der Waals surface area contributed by atoms with E-state index in [2.05, 4.69) is 23.7 Å². The predicted octanol–water partition coefficient (Wildman–Crippen LogP) is 6.75. The Morgan fingerprint density at radius 3 is 2.06 bits per heavy atom. The van der Waals surface area contributed by atoms with E-state index < -0.39 is 11.7 Å². The molecule has 1 aliphatic heterocycles. The van der Waals surface area contributed by atoms with Crippen LogP contribution in [0.3, 0.4) is 0 Å². The lowest BCUT2D eigenvalue weighted by Crippen LogP contribution is -2.34. The van der Waals surface area contributed by atoms with Gasteiger partial charge in [0.15, 0.2) is 5.78 Å². The maximum absolute atomic E-state index is 12.8. The first-order valence-electron chi connectivity index (χ1n) is 16.3. The van der Waals surface area contributed by atoms with Gasteiger partial charge in [-0.15, -0.1) is 0 Å². The Bertz CT molecular complexity index is 1560. The molecule has 1 N–H and O–H groups in total. The second-order valence-corrected chi connectivity index (χ2v) is 11.8. The van der Waals surface area contributed by atoms with Crippen molar-refractivity contribution in [2.75, 3.05) is 47.1 Å². The fraction of sp³-hybridized carbons (Fsp3) is 0.421. The van der Waals surface area contributed by atoms with Crippen molar-refractivity contribution in [2.24, 2.45) is 5.92 Å². The highest BCUT2D eigenvalue weighted by Crippen LogP contribution is 2.31. The summed E-state index contributed by atoms with van der Waals surface area (Å²) in [6, 6.07) is 14.8. The van der Waals surface area contributed by atoms with Crippen molar-refractivity contribution in [3.8, 4) is 11.5 Å². The van der Waals surface area contributed by atoms with E-state index in [-0.39, 0.29) is 17.4 Å². The lowest BCUT2D eigenvalue weighted by atomic mass is 9.94. The van der Waals surface area contributed by atoms with Crippen molar-refractivity contribution < 1.29 is 37.0 Å². The zero-order valence-corrected chi connectivity index (χ0v) is 28.3. The molecule has 7 nitrogen and oxygen atoms in total. The number of halogens is 3. The number of benzene rings is 3. The minimum absolute atomic E-state index is 0.0367. The van der Waals surface area contributed by atoms with E-state index in [0.717, 1.165) is 86.8 Å². The lowest BCUT2D eigenvalue weighted by molar-refractivity contribution is -0.137. The van der Waals surface area contributed by atoms with E-state index in [1.807, 2.05) is 26.2 Å². The number of nitrogens with one attached hydrogen (secondary N) is 1. The molecule has 1 saturated heterocycles. The third-order valence-electron chi connectivity index (χ3n) is 8.02. The summed E-state index contributed by atoms with van der Waals surface area (Å²) in [7, 11) is 3.64. The molecule has 260 valence electrons. The number of Topliss-reactive ketones (excluding diaryl/α,β-unsaturated/α-hetero) is 1. The average molecular weight is 669 g/mol. The summed E-state index contributed by atoms with van der Waals surface area (Å²) in [4.78, 5) is 27.2. The highest BCUT2D eigenvalue weighted by Gasteiger charge is 2.30. The van der Waals surface area contributed by atoms with Gasteiger partial charge in [0, 0.05) is 49.6 Å². The standard InChI is InChI=1S/C34H39F3N2O3.C4H8O2/c1-6-8-25(21-39(5)22-31-23(2)11-20-30(24(31)3)33(41)38-4)9-7-10-32(40)26-12-16-28(17-13-26)42-29-18-14-27(15-19-29)34(35,36)37;1-2-6-4-3-5-1/h11-20,22,25H,2,6-10,21H2,1,3-5H3,(H,38,41);1-4H2/b31-22+;. The monoisotopic (exact) mass is 668 g/mol. The average Bonchev–Trinajstić information content (AvgIpc) is 3.07. The normalized spacial score (nSPS) is 14.0. The zero-order chi connectivity index (χ0) is 35.1. The molecule has 1 heterocycles. The van der Waals surface area contributed by atoms with Crippen molar-refractivity contribution >= 4 is 24.5 Å². The van der Waals surface area contributed by atoms with Crippen LogP contribution in [0.5, 0.6) is 11.5 Å². The topological polar surface area (TPSA) is 77.1 Å². The third-order valence-corrected chi connectivity index (χ3v) is 8.02. The van der Waals surface area contributed by atoms with Crippen LogP contribution in [-0.4, -0.2) is 63.7 Å². The fourth-order valence-electron chi connectivity index (χ4n) is 5.45. The Morgan fingerprint density at radius 2 is 1.54 bits per heavy atom. The number of hydrogen-bond acceptors (Lipinski definition) is 6. The van der Waals surface area contributed by atoms with Crippen molar-refractivity contribution in [3.63, 3.8) is 0 Å². The van der Waals surface area contributed by atoms with E-state index in [9.17, 15) is 22.8 Å². The quantitative estimate of drug-likeness (QED) is 0.203. The summed E-state index contributed by atoms with van der Waals surface area (Å²) < 4.78 is 53.8. The van der Waals surface area contributed by atoms with Gasteiger partial charge in [0.25, 0.3) is 5.91 Å². The Hall–Kier alpha value is -4.15. The van der Waals surface area contributed by atoms with Gasteiger partial charge in [-0.05, 0) is 97.5 Å². The molecule has 1 fully saturated rings. The predicted molar refractivity (Wildman–Crippen MR) is 183 cm³/mol. The van der Waals surface area contributed by atoms with Crippen LogP contribution in [-0.2, 0) is 15.7 Å². The molecule has 10 heteroatoms. The van der Waals surface area contributed by atoms with Gasteiger partial charge in [0.1, 0.15) is 11.5 Å². The number of ketones is 1. The number of carbonyl (C=O) groups is 2. The molecular weight excluding hydrogens is 621 g/mol. The minimum atomic E-state index is -4.40. The molecular formula is C38H47F3N2O5. The molecule has 0 spiro atoms. The van der Waals surface area contributed by atoms with Gasteiger partial charge >= 0.3 is 6.18 Å². The zero-order valence-electron chi connectivity index (χ0n) is 28.3. The first-order chi connectivity index (χ1) is 22.9. The number of rotatable bonds is 13. The van der Waals surface area contributed by atoms with Crippen LogP contribution in [0.1, 0.15) is 70.9 Å². The number of ether oxygens (including phenoxy) is 3. The van der Waals surface area contributed by atoms with Crippen LogP contribution in [0, 0.1) is 12.8 Å². The Morgan fingerprint density at radius 1 is 0.958 bits per heavy atom. The van der Waals surface area contributed by atoms with E-state index in [1.54, 1.807) is 37.4 Å². The maximum atomic E-state index is 12.8. The molecule has 0 aliphatic carbocycles. The second-order valence-electron chi connectivity index (χ2n) is 11.8. The van der Waals surface area contributed by atoms with E-state index in [0.29, 0.717) is 29.2 Å². The number of alkyl halides is 3. The van der Waals surface area contributed by atoms with E-state index >= 15 is 0 Å². The molecule has 1 atom stereocenters. The summed E-state index contributed by atoms with van der Waals surface area (Å²) in [6.45, 7) is 12.2. The molecule has 1 amide bonds. The summed E-state index contributed by atoms with van der Waals surface area (Å²) in [6.07, 6.45) is 1.81. The van der Waals surface area contributed by atoms with Gasteiger partial charge in [0.05, 0.1) is 32.0 Å². The lowest BCUT2D eigenvalue weighted by Gasteiger charge is -2.23. The molecule has 4 rings (SSSR count). The van der Waals surface area contributed by atoms with Gasteiger partial charge in [-0.1, -0.05) is 26.0 Å². The van der Waals surface area contributed by atoms with Crippen LogP contribution in [0.4, 0.5) is 13.2 Å². The summed E-state index contributed by atoms with van der Waals surface area (Å²) in [5.74, 6) is 1.04. The molecule has 3 aromatic carbocycles. The second kappa shape index (κ2) is 19.0. The minimum Gasteiger partial charge on any atom is -0.457 e. The molecule has 0 aromatic heterocycles. The van der Waals surface area contributed by atoms with Gasteiger partial charge in [-0.2, -0.15) is 13.2 Å². The first kappa shape index (κ1) is 38.3. The van der Waals surface area contributed by atoms with Crippen molar-refractivity contribution in [2.45, 2.75) is 52.1 Å². The SMILES string of the molecule is C1COCCO1.C=c1ccc(C(=O)NC)c(C)/c1=C/N(C)CC(CCC)CCCC(=O)c1ccc(Oc2ccc(C(F)(F)F)cc2)cc1. The maximum Gasteiger partial charge on any atom is 0.416 e. The van der Waals surface area contributed by atoms with Crippen molar-refractivity contribution in [1.82, 2.24) is 10.2 Å². The van der Waals surface area contributed by atoms with Gasteiger partial charge in [-0.3, -0.25) is 9.59 Å². The number of amides is 1. The van der Waals surface area contributed by atoms with Crippen LogP contribution >= 0.6 is 0 Å². The first-order valence-corrected chi connectivity index (χ1v) is 16.3. The third kappa shape index (κ3) is 12.1. The van der Waals surface area contributed by atoms with E-state index in [1.165, 1.54) is 12.1 Å². The van der Waals surface area contributed by atoms with Gasteiger partial charge in [-0.25, -0.2) is 0 Å². The molecule has 1 unspecified atom stereocenters. The Kier molecular flexibility index (Phi) is 15.2. The van der Waals surface area contributed by atoms with Crippen LogP contribution in [0.25, 0.3) is 12.8 Å². The molecule has 0 bridgehead atoms. The van der Waals surface area contributed by atoms with Crippen LogP contribution < -0.4 is 20.5 Å². The summed E-state index contributed by atoms with van der Waals surface area (Å²) in [5, 5.41) is 4.48. The fourth-order valence-corrected chi connectivity index (χ4v) is 5.45. The van der Waals surface area contributed by atoms with E-state index in [4.69, 9.17) is 14.2 Å². The molecule has 1 aliphatic rings. The van der Waals surface area contributed by atoms with Gasteiger partial charge in [0.2, 0.25) is 0 Å². The van der Waals surface area contributed by atoms with Crippen molar-refractivity contribution in [1.29, 1.82) is 0 Å². The number of nitrogens with zero attached hydrogens (tertiary/aromatic N) is 1. The number of carbonyl (C=O) groups excluding carboxylic acids is 2. The smallest absolute Gasteiger partial charge is 0.416 e. The Labute approximate surface area is 281 Å². The molecule has 3 aromatic rings. The molecule has 0 saturated carbocycles. The molecule has 0 radical (unpaired) electrons. The number of hydrogen-bond donors (Lipinski definition) is 1. The summed E-state index contributed by atoms with van der Waals surface area (Å²) in [5.41, 5.74) is 1.35. The van der Waals surface area contributed by atoms with Crippen LogP contribution in [0.2, 0.25) is 0 Å². The summed E-state index contributed by atoms with van der Waals surface area (Å²) >= 11 is 0. The highest BCUT2D eigenvalue weighted by molar-refractivity contribution is 5.96. The van der Waals surface area contributed by atoms with Crippen molar-refractivity contribution in [3.05, 3.63) is 93.4 Å². The van der Waals surface area contributed by atoms with Crippen LogP contribution in [0.15, 0.2) is 60.7 Å². The molecule has 48 heavy (non-hydrogen) atoms. The highest BCUT2D eigenvalue weighted by atomic mass is 19.4. The van der Waals surface area contributed by atoms with Gasteiger partial charge < -0.3 is 24.4 Å².